The highest BCUT2D eigenvalue weighted by atomic mass is 32.1. The van der Waals surface area contributed by atoms with Gasteiger partial charge in [-0.05, 0) is 19.4 Å². The summed E-state index contributed by atoms with van der Waals surface area (Å²) in [5, 5.41) is 12.8. The average Bonchev–Trinajstić information content (AvgIpc) is 2.54. The van der Waals surface area contributed by atoms with Gasteiger partial charge in [0.2, 0.25) is 5.13 Å². The minimum absolute atomic E-state index is 0.397. The molecule has 0 amide bonds. The van der Waals surface area contributed by atoms with Crippen LogP contribution in [0.25, 0.3) is 0 Å². The third-order valence-electron chi connectivity index (χ3n) is 2.06. The van der Waals surface area contributed by atoms with Crippen LogP contribution in [-0.2, 0) is 0 Å². The Kier molecular flexibility index (Phi) is 2.23. The summed E-state index contributed by atoms with van der Waals surface area (Å²) in [6.07, 6.45) is 3.70. The number of anilines is 1. The van der Waals surface area contributed by atoms with Crippen LogP contribution in [0.15, 0.2) is 0 Å². The van der Waals surface area contributed by atoms with Gasteiger partial charge in [0.05, 0.1) is 6.04 Å². The first kappa shape index (κ1) is 7.94. The fourth-order valence-corrected chi connectivity index (χ4v) is 2.17. The highest BCUT2D eigenvalue weighted by molar-refractivity contribution is 7.15. The Hall–Kier alpha value is -0.680. The maximum atomic E-state index is 5.50. The SMILES string of the molecule is Nc1nnc(C2CCCCN2)s1. The lowest BCUT2D eigenvalue weighted by atomic mass is 10.1. The molecule has 0 aromatic carbocycles. The van der Waals surface area contributed by atoms with Gasteiger partial charge in [-0.2, -0.15) is 0 Å². The molecule has 3 N–H and O–H groups in total. The molecule has 1 unspecified atom stereocenters. The largest absolute Gasteiger partial charge is 0.374 e. The normalized spacial score (nSPS) is 24.2. The van der Waals surface area contributed by atoms with Crippen molar-refractivity contribution < 1.29 is 0 Å². The molecular formula is C7H12N4S. The summed E-state index contributed by atoms with van der Waals surface area (Å²) in [5.41, 5.74) is 5.50. The van der Waals surface area contributed by atoms with Crippen LogP contribution in [0.5, 0.6) is 0 Å². The molecule has 0 bridgehead atoms. The predicted octanol–water partition coefficient (Wildman–Crippen LogP) is 0.935. The molecule has 66 valence electrons. The quantitative estimate of drug-likeness (QED) is 0.681. The molecule has 4 nitrogen and oxygen atoms in total. The van der Waals surface area contributed by atoms with E-state index in [9.17, 15) is 0 Å². The highest BCUT2D eigenvalue weighted by Crippen LogP contribution is 2.25. The van der Waals surface area contributed by atoms with Gasteiger partial charge in [-0.25, -0.2) is 0 Å². The maximum Gasteiger partial charge on any atom is 0.203 e. The molecule has 0 spiro atoms. The van der Waals surface area contributed by atoms with Crippen LogP contribution >= 0.6 is 11.3 Å². The van der Waals surface area contributed by atoms with Crippen molar-refractivity contribution in [1.82, 2.24) is 15.5 Å². The van der Waals surface area contributed by atoms with Crippen molar-refractivity contribution in [1.29, 1.82) is 0 Å². The second kappa shape index (κ2) is 3.37. The van der Waals surface area contributed by atoms with Crippen molar-refractivity contribution >= 4 is 16.5 Å². The lowest BCUT2D eigenvalue weighted by molar-refractivity contribution is 0.409. The van der Waals surface area contributed by atoms with Gasteiger partial charge in [-0.15, -0.1) is 10.2 Å². The van der Waals surface area contributed by atoms with Crippen LogP contribution in [0.4, 0.5) is 5.13 Å². The monoisotopic (exact) mass is 184 g/mol. The summed E-state index contributed by atoms with van der Waals surface area (Å²) in [5.74, 6) is 0. The second-order valence-electron chi connectivity index (χ2n) is 2.98. The molecule has 1 aliphatic rings. The van der Waals surface area contributed by atoms with E-state index in [1.54, 1.807) is 0 Å². The molecule has 1 fully saturated rings. The Labute approximate surface area is 75.2 Å². The van der Waals surface area contributed by atoms with Crippen LogP contribution in [0.1, 0.15) is 30.3 Å². The Balaban J connectivity index is 2.08. The van der Waals surface area contributed by atoms with E-state index < -0.39 is 0 Å². The molecule has 0 aliphatic carbocycles. The van der Waals surface area contributed by atoms with Crippen LogP contribution < -0.4 is 11.1 Å². The summed E-state index contributed by atoms with van der Waals surface area (Å²) in [7, 11) is 0. The number of hydrogen-bond donors (Lipinski definition) is 2. The Bertz CT molecular complexity index is 254. The Morgan fingerprint density at radius 1 is 1.42 bits per heavy atom. The van der Waals surface area contributed by atoms with E-state index >= 15 is 0 Å². The Morgan fingerprint density at radius 3 is 2.92 bits per heavy atom. The van der Waals surface area contributed by atoms with Gasteiger partial charge in [-0.1, -0.05) is 17.8 Å². The van der Waals surface area contributed by atoms with Crippen molar-refractivity contribution in [2.75, 3.05) is 12.3 Å². The summed E-state index contributed by atoms with van der Waals surface area (Å²) in [4.78, 5) is 0. The highest BCUT2D eigenvalue weighted by Gasteiger charge is 2.17. The maximum absolute atomic E-state index is 5.50. The van der Waals surface area contributed by atoms with Crippen molar-refractivity contribution in [2.24, 2.45) is 0 Å². The molecule has 2 rings (SSSR count). The number of rotatable bonds is 1. The Morgan fingerprint density at radius 2 is 2.33 bits per heavy atom. The van der Waals surface area contributed by atoms with Gasteiger partial charge in [0.1, 0.15) is 5.01 Å². The van der Waals surface area contributed by atoms with Crippen LogP contribution in [0, 0.1) is 0 Å². The van der Waals surface area contributed by atoms with Gasteiger partial charge in [0.15, 0.2) is 0 Å². The molecule has 0 saturated carbocycles. The smallest absolute Gasteiger partial charge is 0.203 e. The van der Waals surface area contributed by atoms with Gasteiger partial charge in [0, 0.05) is 0 Å². The lowest BCUT2D eigenvalue weighted by Crippen LogP contribution is -2.26. The van der Waals surface area contributed by atoms with E-state index in [0.29, 0.717) is 11.2 Å². The third-order valence-corrected chi connectivity index (χ3v) is 2.93. The summed E-state index contributed by atoms with van der Waals surface area (Å²) in [6, 6.07) is 0.397. The molecule has 2 heterocycles. The molecule has 12 heavy (non-hydrogen) atoms. The molecular weight excluding hydrogens is 172 g/mol. The molecule has 1 aromatic heterocycles. The molecule has 0 radical (unpaired) electrons. The van der Waals surface area contributed by atoms with E-state index in [2.05, 4.69) is 15.5 Å². The number of piperidine rings is 1. The van der Waals surface area contributed by atoms with Crippen molar-refractivity contribution in [3.63, 3.8) is 0 Å². The van der Waals surface area contributed by atoms with Crippen LogP contribution in [0.3, 0.4) is 0 Å². The van der Waals surface area contributed by atoms with E-state index in [1.165, 1.54) is 24.2 Å². The lowest BCUT2D eigenvalue weighted by Gasteiger charge is -2.20. The first-order valence-electron chi connectivity index (χ1n) is 4.18. The number of nitrogens with zero attached hydrogens (tertiary/aromatic N) is 2. The zero-order valence-electron chi connectivity index (χ0n) is 6.79. The van der Waals surface area contributed by atoms with Crippen LogP contribution in [0.2, 0.25) is 0 Å². The first-order valence-corrected chi connectivity index (χ1v) is 5.00. The van der Waals surface area contributed by atoms with Crippen molar-refractivity contribution in [2.45, 2.75) is 25.3 Å². The summed E-state index contributed by atoms with van der Waals surface area (Å²) >= 11 is 1.49. The molecule has 5 heteroatoms. The number of nitrogens with two attached hydrogens (primary N) is 1. The zero-order chi connectivity index (χ0) is 8.39. The van der Waals surface area contributed by atoms with Crippen LogP contribution in [-0.4, -0.2) is 16.7 Å². The van der Waals surface area contributed by atoms with E-state index in [0.717, 1.165) is 18.0 Å². The van der Waals surface area contributed by atoms with E-state index in [4.69, 9.17) is 5.73 Å². The predicted molar refractivity (Wildman–Crippen MR) is 48.9 cm³/mol. The number of nitrogens with one attached hydrogen (secondary N) is 1. The fraction of sp³-hybridized carbons (Fsp3) is 0.714. The topological polar surface area (TPSA) is 63.8 Å². The molecule has 1 saturated heterocycles. The number of aromatic nitrogens is 2. The van der Waals surface area contributed by atoms with Gasteiger partial charge in [-0.3, -0.25) is 0 Å². The molecule has 1 atom stereocenters. The minimum atomic E-state index is 0.397. The standard InChI is InChI=1S/C7H12N4S/c8-7-11-10-6(12-7)5-3-1-2-4-9-5/h5,9H,1-4H2,(H2,8,11). The van der Waals surface area contributed by atoms with Gasteiger partial charge >= 0.3 is 0 Å². The minimum Gasteiger partial charge on any atom is -0.374 e. The third kappa shape index (κ3) is 1.56. The average molecular weight is 184 g/mol. The summed E-state index contributed by atoms with van der Waals surface area (Å²) in [6.45, 7) is 1.09. The summed E-state index contributed by atoms with van der Waals surface area (Å²) < 4.78 is 0. The number of hydrogen-bond acceptors (Lipinski definition) is 5. The fourth-order valence-electron chi connectivity index (χ4n) is 1.45. The molecule has 1 aliphatic heterocycles. The van der Waals surface area contributed by atoms with E-state index in [-0.39, 0.29) is 0 Å². The number of nitrogen functional groups attached to an aromatic ring is 1. The van der Waals surface area contributed by atoms with Crippen molar-refractivity contribution in [3.05, 3.63) is 5.01 Å². The van der Waals surface area contributed by atoms with E-state index in [1.807, 2.05) is 0 Å². The van der Waals surface area contributed by atoms with Gasteiger partial charge in [0.25, 0.3) is 0 Å². The first-order chi connectivity index (χ1) is 5.86. The van der Waals surface area contributed by atoms with Gasteiger partial charge < -0.3 is 11.1 Å². The molecule has 1 aromatic rings. The zero-order valence-corrected chi connectivity index (χ0v) is 7.60. The van der Waals surface area contributed by atoms with Crippen molar-refractivity contribution in [3.8, 4) is 0 Å². The second-order valence-corrected chi connectivity index (χ2v) is 4.02.